The lowest BCUT2D eigenvalue weighted by molar-refractivity contribution is -0.263. The number of carbonyl (C=O) groups is 3. The van der Waals surface area contributed by atoms with Gasteiger partial charge in [0.1, 0.15) is 18.2 Å². The van der Waals surface area contributed by atoms with Crippen molar-refractivity contribution in [1.29, 1.82) is 0 Å². The molecule has 0 aromatic heterocycles. The number of esters is 2. The second-order valence-corrected chi connectivity index (χ2v) is 17.0. The molecule has 4 aliphatic carbocycles. The number of aliphatic carboxylic acids is 1. The van der Waals surface area contributed by atoms with Gasteiger partial charge in [-0.3, -0.25) is 14.4 Å². The van der Waals surface area contributed by atoms with Gasteiger partial charge >= 0.3 is 17.9 Å². The first-order valence-corrected chi connectivity index (χ1v) is 17.6. The molecule has 1 saturated heterocycles. The van der Waals surface area contributed by atoms with Gasteiger partial charge < -0.3 is 25.1 Å². The van der Waals surface area contributed by atoms with Crippen molar-refractivity contribution in [1.82, 2.24) is 0 Å². The van der Waals surface area contributed by atoms with Crippen LogP contribution in [0, 0.1) is 56.7 Å². The number of fused-ring (bicyclic) bond motifs is 3. The number of ether oxygens (including phenoxy) is 3. The summed E-state index contributed by atoms with van der Waals surface area (Å²) in [6.07, 6.45) is 7.37. The van der Waals surface area contributed by atoms with Crippen LogP contribution in [0.25, 0.3) is 0 Å². The molecule has 254 valence electrons. The van der Waals surface area contributed by atoms with Crippen LogP contribution in [0.5, 0.6) is 0 Å². The second-order valence-electron chi connectivity index (χ2n) is 17.0. The summed E-state index contributed by atoms with van der Waals surface area (Å²) in [7, 11) is 0. The van der Waals surface area contributed by atoms with Crippen molar-refractivity contribution < 1.29 is 33.7 Å². The van der Waals surface area contributed by atoms with E-state index in [0.29, 0.717) is 38.4 Å². The third-order valence-electron chi connectivity index (χ3n) is 14.5. The number of hydrogen-bond donors (Lipinski definition) is 2. The molecule has 0 radical (unpaired) electrons. The van der Waals surface area contributed by atoms with Gasteiger partial charge in [-0.15, -0.1) is 0 Å². The van der Waals surface area contributed by atoms with E-state index < -0.39 is 52.9 Å². The van der Waals surface area contributed by atoms with Crippen LogP contribution >= 0.6 is 0 Å². The highest BCUT2D eigenvalue weighted by molar-refractivity contribution is 5.76. The zero-order chi connectivity index (χ0) is 33.3. The van der Waals surface area contributed by atoms with Gasteiger partial charge in [0, 0.05) is 17.8 Å². The van der Waals surface area contributed by atoms with Crippen molar-refractivity contribution in [3.63, 3.8) is 0 Å². The molecule has 3 saturated carbocycles. The minimum Gasteiger partial charge on any atom is -0.481 e. The van der Waals surface area contributed by atoms with Crippen LogP contribution in [0.3, 0.4) is 0 Å². The summed E-state index contributed by atoms with van der Waals surface area (Å²) in [4.78, 5) is 39.0. The number of allylic oxidation sites excluding steroid dienone is 1. The average molecular weight is 630 g/mol. The molecule has 1 heterocycles. The molecule has 8 nitrogen and oxygen atoms in total. The number of rotatable bonds is 8. The maximum atomic E-state index is 13.3. The number of carbonyl (C=O) groups excluding carboxylic acids is 2. The Morgan fingerprint density at radius 1 is 1.04 bits per heavy atom. The number of hydrogen-bond acceptors (Lipinski definition) is 7. The van der Waals surface area contributed by atoms with Gasteiger partial charge in [0.15, 0.2) is 0 Å². The normalized spacial score (nSPS) is 45.2. The molecule has 8 heteroatoms. The third-order valence-corrected chi connectivity index (χ3v) is 14.5. The molecule has 1 aliphatic heterocycles. The number of nitrogens with two attached hydrogens (primary N) is 1. The molecular formula is C37H59NO7. The van der Waals surface area contributed by atoms with Crippen molar-refractivity contribution in [3.05, 3.63) is 11.6 Å². The van der Waals surface area contributed by atoms with Gasteiger partial charge in [-0.25, -0.2) is 0 Å². The number of carboxylic acids is 1. The van der Waals surface area contributed by atoms with Crippen molar-refractivity contribution >= 4 is 17.9 Å². The van der Waals surface area contributed by atoms with E-state index in [9.17, 15) is 19.5 Å². The second kappa shape index (κ2) is 11.6. The Hall–Kier alpha value is -1.93. The summed E-state index contributed by atoms with van der Waals surface area (Å²) >= 11 is 0. The maximum Gasteiger partial charge on any atom is 0.323 e. The van der Waals surface area contributed by atoms with E-state index in [1.807, 2.05) is 6.92 Å². The largest absolute Gasteiger partial charge is 0.481 e. The fourth-order valence-corrected chi connectivity index (χ4v) is 11.7. The van der Waals surface area contributed by atoms with Gasteiger partial charge in [-0.1, -0.05) is 73.5 Å². The van der Waals surface area contributed by atoms with Crippen LogP contribution in [-0.4, -0.2) is 54.5 Å². The average Bonchev–Trinajstić information content (AvgIpc) is 2.94. The molecular weight excluding hydrogens is 570 g/mol. The number of carboxylic acid groups (broad SMARTS) is 1. The third kappa shape index (κ3) is 4.93. The van der Waals surface area contributed by atoms with Crippen LogP contribution < -0.4 is 5.73 Å². The highest BCUT2D eigenvalue weighted by atomic mass is 16.6. The topological polar surface area (TPSA) is 125 Å². The summed E-state index contributed by atoms with van der Waals surface area (Å²) in [5.41, 5.74) is 5.69. The van der Waals surface area contributed by atoms with Gasteiger partial charge in [-0.05, 0) is 84.9 Å². The van der Waals surface area contributed by atoms with E-state index >= 15 is 0 Å². The summed E-state index contributed by atoms with van der Waals surface area (Å²) in [6, 6.07) is -0.722. The molecule has 4 fully saturated rings. The van der Waals surface area contributed by atoms with E-state index in [-0.39, 0.29) is 34.0 Å². The zero-order valence-electron chi connectivity index (χ0n) is 29.2. The minimum atomic E-state index is -0.722. The molecule has 1 unspecified atom stereocenters. The Morgan fingerprint density at radius 3 is 2.33 bits per heavy atom. The molecule has 0 aromatic rings. The lowest BCUT2D eigenvalue weighted by Crippen LogP contribution is -2.70. The first kappa shape index (κ1) is 34.4. The summed E-state index contributed by atoms with van der Waals surface area (Å²) in [6.45, 7) is 20.0. The summed E-state index contributed by atoms with van der Waals surface area (Å²) in [5.74, 6) is -0.929. The van der Waals surface area contributed by atoms with Crippen LogP contribution in [0.15, 0.2) is 11.6 Å². The minimum absolute atomic E-state index is 0.173. The first-order chi connectivity index (χ1) is 20.9. The quantitative estimate of drug-likeness (QED) is 0.229. The van der Waals surface area contributed by atoms with Crippen molar-refractivity contribution in [3.8, 4) is 0 Å². The van der Waals surface area contributed by atoms with Crippen LogP contribution in [0.1, 0.15) is 114 Å². The molecule has 3 N–H and O–H groups in total. The molecule has 2 bridgehead atoms. The molecule has 5 rings (SSSR count). The zero-order valence-corrected chi connectivity index (χ0v) is 29.2. The van der Waals surface area contributed by atoms with Gasteiger partial charge in [-0.2, -0.15) is 0 Å². The molecule has 0 spiro atoms. The fraction of sp³-hybridized carbons (Fsp3) is 0.865. The molecule has 0 amide bonds. The van der Waals surface area contributed by atoms with E-state index in [2.05, 4.69) is 54.5 Å². The first-order valence-electron chi connectivity index (χ1n) is 17.6. The van der Waals surface area contributed by atoms with Crippen LogP contribution in [0.4, 0.5) is 0 Å². The van der Waals surface area contributed by atoms with E-state index in [1.165, 1.54) is 12.5 Å². The molecule has 5 aliphatic rings. The Kier molecular flexibility index (Phi) is 8.90. The van der Waals surface area contributed by atoms with Crippen molar-refractivity contribution in [2.24, 2.45) is 62.4 Å². The van der Waals surface area contributed by atoms with Gasteiger partial charge in [0.05, 0.1) is 19.1 Å². The molecule has 12 atom stereocenters. The maximum absolute atomic E-state index is 13.3. The van der Waals surface area contributed by atoms with Crippen molar-refractivity contribution in [2.75, 3.05) is 13.2 Å². The Labute approximate surface area is 270 Å². The summed E-state index contributed by atoms with van der Waals surface area (Å²) < 4.78 is 18.7. The highest BCUT2D eigenvalue weighted by Crippen LogP contribution is 2.75. The van der Waals surface area contributed by atoms with Gasteiger partial charge in [0.2, 0.25) is 0 Å². The van der Waals surface area contributed by atoms with Crippen LogP contribution in [-0.2, 0) is 28.6 Å². The van der Waals surface area contributed by atoms with E-state index in [0.717, 1.165) is 32.1 Å². The van der Waals surface area contributed by atoms with E-state index in [4.69, 9.17) is 19.9 Å². The molecule has 45 heavy (non-hydrogen) atoms. The standard InChI is InChI=1S/C37H59NO7/c1-10-11-26(38)32(42)45-30-27(44-23(5)39)18-37-20-43-19-34(30,7)28(37)13-12-24-25(37)14-15-36(9)29(31(40)41)33(6,22(4)21(2)3)16-17-35(24,36)8/h14,21-22,24,26-30H,10-13,15-20,38H2,1-9H3,(H,40,41)/t22-,24+,26?,27-,28+,29-,30+,33-,34+,35-,36+,37-/m1/s1. The predicted octanol–water partition coefficient (Wildman–Crippen LogP) is 6.55. The SMILES string of the molecule is CCCC(N)C(=O)O[C@H]1[C@H](OC(C)=O)C[C@]23COC[C@@]1(C)[C@@H]2CC[C@H]1C3=CC[C@@]2(C)[C@H](C(=O)O)[C@@](C)([C@H](C)C(C)C)CC[C@]12C. The fourth-order valence-electron chi connectivity index (χ4n) is 11.7. The van der Waals surface area contributed by atoms with Crippen molar-refractivity contribution in [2.45, 2.75) is 132 Å². The Morgan fingerprint density at radius 2 is 1.73 bits per heavy atom. The molecule has 0 aromatic carbocycles. The Bertz CT molecular complexity index is 1230. The Balaban J connectivity index is 1.58. The highest BCUT2D eigenvalue weighted by Gasteiger charge is 2.72. The summed E-state index contributed by atoms with van der Waals surface area (Å²) in [5, 5.41) is 10.9. The lowest BCUT2D eigenvalue weighted by Gasteiger charge is -2.71. The predicted molar refractivity (Wildman–Crippen MR) is 172 cm³/mol. The smallest absolute Gasteiger partial charge is 0.323 e. The van der Waals surface area contributed by atoms with Gasteiger partial charge in [0.25, 0.3) is 0 Å². The van der Waals surface area contributed by atoms with Crippen LogP contribution in [0.2, 0.25) is 0 Å². The lowest BCUT2D eigenvalue weighted by atomic mass is 9.34. The van der Waals surface area contributed by atoms with E-state index in [1.54, 1.807) is 0 Å². The monoisotopic (exact) mass is 629 g/mol.